The molecule has 0 spiro atoms. The van der Waals surface area contributed by atoms with Gasteiger partial charge in [0.1, 0.15) is 12.2 Å². The summed E-state index contributed by atoms with van der Waals surface area (Å²) >= 11 is 0. The topological polar surface area (TPSA) is 36.9 Å². The van der Waals surface area contributed by atoms with E-state index in [0.717, 1.165) is 0 Å². The second-order valence-corrected chi connectivity index (χ2v) is 22.1. The highest BCUT2D eigenvalue weighted by molar-refractivity contribution is 6.77. The molecule has 0 amide bonds. The lowest BCUT2D eigenvalue weighted by molar-refractivity contribution is -0.120. The van der Waals surface area contributed by atoms with Crippen LogP contribution < -0.4 is 0 Å². The molecule has 0 aromatic heterocycles. The molecular weight excluding hydrogens is 396 g/mol. The standard InChI is InChI=1S/C23H46O4Si2/c1-16(2)28(17(3)4,18(5)6)26-19-13-14-24-20-15-25-29(22(7,8)9,23(10,11)12)27-21(19)20/h13-14,16-21H,15H2,1-12H3/t19-,20-,21+/m1/s1. The fourth-order valence-electron chi connectivity index (χ4n) is 5.99. The first-order valence-corrected chi connectivity index (χ1v) is 15.4. The van der Waals surface area contributed by atoms with Crippen LogP contribution in [0.3, 0.4) is 0 Å². The van der Waals surface area contributed by atoms with E-state index in [1.54, 1.807) is 6.26 Å². The molecule has 1 fully saturated rings. The Morgan fingerprint density at radius 2 is 1.38 bits per heavy atom. The van der Waals surface area contributed by atoms with E-state index in [0.29, 0.717) is 23.2 Å². The summed E-state index contributed by atoms with van der Waals surface area (Å²) < 4.78 is 26.8. The summed E-state index contributed by atoms with van der Waals surface area (Å²) in [6.07, 6.45) is 3.61. The largest absolute Gasteiger partial charge is 0.493 e. The Morgan fingerprint density at radius 1 is 0.897 bits per heavy atom. The van der Waals surface area contributed by atoms with Gasteiger partial charge >= 0.3 is 8.56 Å². The second kappa shape index (κ2) is 8.42. The molecule has 2 heterocycles. The molecule has 0 aromatic carbocycles. The predicted molar refractivity (Wildman–Crippen MR) is 126 cm³/mol. The van der Waals surface area contributed by atoms with Gasteiger partial charge in [-0.1, -0.05) is 83.1 Å². The van der Waals surface area contributed by atoms with Crippen LogP contribution in [0.25, 0.3) is 0 Å². The minimum atomic E-state index is -2.57. The normalized spacial score (nSPS) is 28.0. The molecule has 0 N–H and O–H groups in total. The van der Waals surface area contributed by atoms with Crippen molar-refractivity contribution >= 4 is 16.9 Å². The first-order valence-electron chi connectivity index (χ1n) is 11.4. The first kappa shape index (κ1) is 25.1. The van der Waals surface area contributed by atoms with Crippen molar-refractivity contribution in [3.05, 3.63) is 12.3 Å². The van der Waals surface area contributed by atoms with Crippen LogP contribution in [-0.2, 0) is 18.0 Å². The van der Waals surface area contributed by atoms with Gasteiger partial charge in [0.2, 0.25) is 8.32 Å². The fourth-order valence-corrected chi connectivity index (χ4v) is 16.4. The van der Waals surface area contributed by atoms with Crippen molar-refractivity contribution in [3.8, 4) is 0 Å². The average molecular weight is 443 g/mol. The third-order valence-electron chi connectivity index (χ3n) is 6.99. The Bertz CT molecular complexity index is 551. The van der Waals surface area contributed by atoms with Gasteiger partial charge in [-0.2, -0.15) is 0 Å². The Hall–Kier alpha value is -0.146. The molecule has 6 heteroatoms. The maximum atomic E-state index is 7.17. The van der Waals surface area contributed by atoms with Crippen LogP contribution >= 0.6 is 0 Å². The van der Waals surface area contributed by atoms with Crippen LogP contribution in [0, 0.1) is 0 Å². The van der Waals surface area contributed by atoms with E-state index < -0.39 is 16.9 Å². The van der Waals surface area contributed by atoms with Crippen molar-refractivity contribution in [2.45, 2.75) is 128 Å². The van der Waals surface area contributed by atoms with Crippen LogP contribution in [0.15, 0.2) is 12.3 Å². The monoisotopic (exact) mass is 442 g/mol. The molecule has 2 aliphatic rings. The lowest BCUT2D eigenvalue weighted by Gasteiger charge is -2.56. The molecule has 2 aliphatic heterocycles. The minimum Gasteiger partial charge on any atom is -0.493 e. The van der Waals surface area contributed by atoms with Gasteiger partial charge in [0.15, 0.2) is 0 Å². The van der Waals surface area contributed by atoms with E-state index in [-0.39, 0.29) is 28.4 Å². The van der Waals surface area contributed by atoms with Gasteiger partial charge in [-0.3, -0.25) is 0 Å². The summed E-state index contributed by atoms with van der Waals surface area (Å²) in [5.41, 5.74) is 1.60. The fraction of sp³-hybridized carbons (Fsp3) is 0.913. The lowest BCUT2D eigenvalue weighted by atomic mass is 10.1. The summed E-state index contributed by atoms with van der Waals surface area (Å²) in [6, 6.07) is 0. The van der Waals surface area contributed by atoms with E-state index in [2.05, 4.69) is 89.2 Å². The van der Waals surface area contributed by atoms with E-state index in [1.165, 1.54) is 0 Å². The summed E-state index contributed by atoms with van der Waals surface area (Å²) in [4.78, 5) is 0. The molecule has 0 bridgehead atoms. The highest BCUT2D eigenvalue weighted by Gasteiger charge is 2.63. The van der Waals surface area contributed by atoms with E-state index in [1.807, 2.05) is 0 Å². The van der Waals surface area contributed by atoms with Crippen LogP contribution in [0.5, 0.6) is 0 Å². The molecule has 0 unspecified atom stereocenters. The van der Waals surface area contributed by atoms with Crippen molar-refractivity contribution in [1.29, 1.82) is 0 Å². The average Bonchev–Trinajstić information content (AvgIpc) is 2.56. The highest BCUT2D eigenvalue weighted by Crippen LogP contribution is 2.55. The van der Waals surface area contributed by atoms with Crippen LogP contribution in [0.1, 0.15) is 83.1 Å². The van der Waals surface area contributed by atoms with E-state index in [9.17, 15) is 0 Å². The first-order chi connectivity index (χ1) is 13.1. The lowest BCUT2D eigenvalue weighted by Crippen LogP contribution is -2.68. The Kier molecular flexibility index (Phi) is 7.29. The zero-order valence-electron chi connectivity index (χ0n) is 21.0. The maximum absolute atomic E-state index is 7.17. The number of hydrogen-bond donors (Lipinski definition) is 0. The third kappa shape index (κ3) is 4.29. The number of rotatable bonds is 5. The molecule has 0 aromatic rings. The van der Waals surface area contributed by atoms with Crippen LogP contribution in [-0.4, -0.2) is 41.8 Å². The Labute approximate surface area is 182 Å². The van der Waals surface area contributed by atoms with Crippen molar-refractivity contribution in [3.63, 3.8) is 0 Å². The molecule has 0 saturated carbocycles. The Balaban J connectivity index is 2.45. The number of fused-ring (bicyclic) bond motifs is 1. The summed E-state index contributed by atoms with van der Waals surface area (Å²) in [6.45, 7) is 28.1. The zero-order chi connectivity index (χ0) is 22.4. The van der Waals surface area contributed by atoms with Gasteiger partial charge in [-0.15, -0.1) is 0 Å². The molecule has 170 valence electrons. The predicted octanol–water partition coefficient (Wildman–Crippen LogP) is 6.92. The molecule has 29 heavy (non-hydrogen) atoms. The zero-order valence-corrected chi connectivity index (χ0v) is 23.0. The van der Waals surface area contributed by atoms with Gasteiger partial charge in [-0.05, 0) is 22.7 Å². The van der Waals surface area contributed by atoms with Gasteiger partial charge in [0.25, 0.3) is 0 Å². The van der Waals surface area contributed by atoms with Crippen molar-refractivity contribution < 1.29 is 18.0 Å². The molecule has 0 aliphatic carbocycles. The molecule has 4 nitrogen and oxygen atoms in total. The minimum absolute atomic E-state index is 0.0510. The summed E-state index contributed by atoms with van der Waals surface area (Å²) in [7, 11) is -4.61. The van der Waals surface area contributed by atoms with Gasteiger partial charge < -0.3 is 18.0 Å². The Morgan fingerprint density at radius 3 is 1.79 bits per heavy atom. The van der Waals surface area contributed by atoms with Crippen LogP contribution in [0.4, 0.5) is 0 Å². The SMILES string of the molecule is CC(C)[Si](O[C@@H]1C=CO[C@@H]2CO[Si](C(C)(C)C)(C(C)(C)C)O[C@@H]12)(C(C)C)C(C)C. The second-order valence-electron chi connectivity index (χ2n) is 11.9. The van der Waals surface area contributed by atoms with Crippen molar-refractivity contribution in [2.24, 2.45) is 0 Å². The molecular formula is C23H46O4Si2. The molecule has 0 radical (unpaired) electrons. The maximum Gasteiger partial charge on any atom is 0.349 e. The molecule has 3 atom stereocenters. The van der Waals surface area contributed by atoms with Gasteiger partial charge in [0.05, 0.1) is 19.0 Å². The molecule has 1 saturated heterocycles. The van der Waals surface area contributed by atoms with Crippen molar-refractivity contribution in [2.75, 3.05) is 6.61 Å². The summed E-state index contributed by atoms with van der Waals surface area (Å²) in [5.74, 6) is 0. The number of hydrogen-bond acceptors (Lipinski definition) is 4. The smallest absolute Gasteiger partial charge is 0.349 e. The van der Waals surface area contributed by atoms with E-state index in [4.69, 9.17) is 18.0 Å². The van der Waals surface area contributed by atoms with Crippen LogP contribution in [0.2, 0.25) is 26.7 Å². The van der Waals surface area contributed by atoms with E-state index >= 15 is 0 Å². The third-order valence-corrected chi connectivity index (χ3v) is 18.2. The highest BCUT2D eigenvalue weighted by atomic mass is 28.4. The quantitative estimate of drug-likeness (QED) is 0.433. The summed E-state index contributed by atoms with van der Waals surface area (Å²) in [5, 5.41) is -0.102. The molecule has 2 rings (SSSR count). The van der Waals surface area contributed by atoms with Crippen molar-refractivity contribution in [1.82, 2.24) is 0 Å². The van der Waals surface area contributed by atoms with Gasteiger partial charge in [-0.25, -0.2) is 0 Å². The number of ether oxygens (including phenoxy) is 1. The van der Waals surface area contributed by atoms with Gasteiger partial charge in [0, 0.05) is 10.1 Å².